The second kappa shape index (κ2) is 9.74. The first kappa shape index (κ1) is 21.7. The molecule has 166 valence electrons. The Balaban J connectivity index is 1.36. The van der Waals surface area contributed by atoms with Crippen LogP contribution in [0.1, 0.15) is 31.2 Å². The first-order valence-corrected chi connectivity index (χ1v) is 10.8. The van der Waals surface area contributed by atoms with Crippen LogP contribution in [0.25, 0.3) is 11.4 Å². The molecule has 2 amide bonds. The van der Waals surface area contributed by atoms with Gasteiger partial charge in [-0.3, -0.25) is 14.5 Å². The van der Waals surface area contributed by atoms with Crippen LogP contribution in [0.15, 0.2) is 53.1 Å². The number of aryl methyl sites for hydroxylation is 1. The van der Waals surface area contributed by atoms with E-state index < -0.39 is 0 Å². The average Bonchev–Trinajstić information content (AvgIpc) is 3.22. The van der Waals surface area contributed by atoms with Gasteiger partial charge in [-0.25, -0.2) is 0 Å². The first-order chi connectivity index (χ1) is 15.5. The smallest absolute Gasteiger partial charge is 0.241 e. The molecule has 1 aromatic heterocycles. The van der Waals surface area contributed by atoms with E-state index in [1.807, 2.05) is 37.3 Å². The fraction of sp³-hybridized carbons (Fsp3) is 0.333. The van der Waals surface area contributed by atoms with E-state index in [0.29, 0.717) is 36.2 Å². The van der Waals surface area contributed by atoms with Crippen molar-refractivity contribution in [2.45, 2.75) is 33.2 Å². The maximum Gasteiger partial charge on any atom is 0.241 e. The van der Waals surface area contributed by atoms with E-state index in [2.05, 4.69) is 25.7 Å². The van der Waals surface area contributed by atoms with Crippen LogP contribution >= 0.6 is 0 Å². The Morgan fingerprint density at radius 1 is 1.12 bits per heavy atom. The van der Waals surface area contributed by atoms with Crippen LogP contribution in [-0.4, -0.2) is 39.9 Å². The van der Waals surface area contributed by atoms with Gasteiger partial charge in [0.15, 0.2) is 0 Å². The highest BCUT2D eigenvalue weighted by atomic mass is 16.5. The summed E-state index contributed by atoms with van der Waals surface area (Å²) < 4.78 is 5.48. The third kappa shape index (κ3) is 5.39. The standard InChI is InChI=1S/C24H27N5O3/c1-16-7-3-4-11-21(16)23-27-22(32-28-23)15-29-12-6-8-18(14-29)24(31)26-20-10-5-9-19(13-20)25-17(2)30/h3-5,7,9-11,13,18H,6,8,12,14-15H2,1-2H3,(H,25,30)(H,26,31). The molecule has 1 aliphatic heterocycles. The van der Waals surface area contributed by atoms with E-state index in [-0.39, 0.29) is 17.7 Å². The van der Waals surface area contributed by atoms with Gasteiger partial charge in [0, 0.05) is 30.4 Å². The van der Waals surface area contributed by atoms with Crippen molar-refractivity contribution in [3.63, 3.8) is 0 Å². The molecule has 0 spiro atoms. The molecule has 0 radical (unpaired) electrons. The SMILES string of the molecule is CC(=O)Nc1cccc(NC(=O)C2CCCN(Cc3nc(-c4ccccc4C)no3)C2)c1. The first-order valence-electron chi connectivity index (χ1n) is 10.8. The number of piperidine rings is 1. The number of anilines is 2. The number of hydrogen-bond donors (Lipinski definition) is 2. The normalized spacial score (nSPS) is 16.5. The van der Waals surface area contributed by atoms with Crippen LogP contribution < -0.4 is 10.6 Å². The van der Waals surface area contributed by atoms with Gasteiger partial charge in [0.25, 0.3) is 0 Å². The molecule has 2 N–H and O–H groups in total. The van der Waals surface area contributed by atoms with E-state index in [1.165, 1.54) is 6.92 Å². The monoisotopic (exact) mass is 433 g/mol. The summed E-state index contributed by atoms with van der Waals surface area (Å²) in [4.78, 5) is 30.8. The lowest BCUT2D eigenvalue weighted by Crippen LogP contribution is -2.40. The van der Waals surface area contributed by atoms with Crippen LogP contribution in [0.4, 0.5) is 11.4 Å². The van der Waals surface area contributed by atoms with Crippen molar-refractivity contribution in [3.05, 3.63) is 60.0 Å². The molecule has 1 aliphatic rings. The number of carbonyl (C=O) groups excluding carboxylic acids is 2. The molecule has 1 saturated heterocycles. The number of rotatable bonds is 6. The third-order valence-electron chi connectivity index (χ3n) is 5.54. The van der Waals surface area contributed by atoms with Crippen molar-refractivity contribution in [2.75, 3.05) is 23.7 Å². The van der Waals surface area contributed by atoms with Crippen molar-refractivity contribution < 1.29 is 14.1 Å². The number of hydrogen-bond acceptors (Lipinski definition) is 6. The highest BCUT2D eigenvalue weighted by Crippen LogP contribution is 2.23. The second-order valence-corrected chi connectivity index (χ2v) is 8.15. The van der Waals surface area contributed by atoms with Crippen LogP contribution in [0.5, 0.6) is 0 Å². The Morgan fingerprint density at radius 2 is 1.91 bits per heavy atom. The van der Waals surface area contributed by atoms with Gasteiger partial charge in [-0.15, -0.1) is 0 Å². The van der Waals surface area contributed by atoms with Gasteiger partial charge in [-0.05, 0) is 50.1 Å². The van der Waals surface area contributed by atoms with Crippen LogP contribution in [0.2, 0.25) is 0 Å². The Morgan fingerprint density at radius 3 is 2.69 bits per heavy atom. The number of aromatic nitrogens is 2. The van der Waals surface area contributed by atoms with E-state index in [1.54, 1.807) is 18.2 Å². The Bertz CT molecular complexity index is 1110. The minimum absolute atomic E-state index is 0.0270. The number of amides is 2. The quantitative estimate of drug-likeness (QED) is 0.612. The van der Waals surface area contributed by atoms with Gasteiger partial charge in [0.2, 0.25) is 23.5 Å². The lowest BCUT2D eigenvalue weighted by Gasteiger charge is -2.30. The molecule has 3 aromatic rings. The molecule has 0 bridgehead atoms. The lowest BCUT2D eigenvalue weighted by atomic mass is 9.97. The number of likely N-dealkylation sites (tertiary alicyclic amines) is 1. The Kier molecular flexibility index (Phi) is 6.61. The molecule has 8 heteroatoms. The van der Waals surface area contributed by atoms with Crippen molar-refractivity contribution in [1.82, 2.24) is 15.0 Å². The summed E-state index contributed by atoms with van der Waals surface area (Å²) in [6.07, 6.45) is 1.74. The van der Waals surface area contributed by atoms with Crippen LogP contribution in [0.3, 0.4) is 0 Å². The Hall–Kier alpha value is -3.52. The highest BCUT2D eigenvalue weighted by molar-refractivity contribution is 5.94. The molecule has 4 rings (SSSR count). The minimum atomic E-state index is -0.150. The highest BCUT2D eigenvalue weighted by Gasteiger charge is 2.27. The molecule has 1 unspecified atom stereocenters. The van der Waals surface area contributed by atoms with E-state index in [9.17, 15) is 9.59 Å². The topological polar surface area (TPSA) is 100 Å². The summed E-state index contributed by atoms with van der Waals surface area (Å²) in [7, 11) is 0. The van der Waals surface area contributed by atoms with Crippen molar-refractivity contribution in [1.29, 1.82) is 0 Å². The van der Waals surface area contributed by atoms with Crippen molar-refractivity contribution in [2.24, 2.45) is 5.92 Å². The molecular weight excluding hydrogens is 406 g/mol. The Labute approximate surface area is 187 Å². The van der Waals surface area contributed by atoms with Gasteiger partial charge >= 0.3 is 0 Å². The summed E-state index contributed by atoms with van der Waals surface area (Å²) in [5, 5.41) is 9.83. The average molecular weight is 434 g/mol. The molecule has 2 aromatic carbocycles. The van der Waals surface area contributed by atoms with E-state index >= 15 is 0 Å². The molecule has 0 aliphatic carbocycles. The van der Waals surface area contributed by atoms with E-state index in [0.717, 1.165) is 30.5 Å². The fourth-order valence-corrected chi connectivity index (χ4v) is 3.98. The molecule has 32 heavy (non-hydrogen) atoms. The van der Waals surface area contributed by atoms with Gasteiger partial charge in [-0.1, -0.05) is 35.5 Å². The van der Waals surface area contributed by atoms with Crippen LogP contribution in [0, 0.1) is 12.8 Å². The number of carbonyl (C=O) groups is 2. The second-order valence-electron chi connectivity index (χ2n) is 8.15. The largest absolute Gasteiger partial charge is 0.338 e. The van der Waals surface area contributed by atoms with Gasteiger partial charge < -0.3 is 15.2 Å². The minimum Gasteiger partial charge on any atom is -0.338 e. The maximum absolute atomic E-state index is 12.8. The van der Waals surface area contributed by atoms with Crippen LogP contribution in [-0.2, 0) is 16.1 Å². The molecular formula is C24H27N5O3. The predicted octanol–water partition coefficient (Wildman–Crippen LogP) is 3.85. The van der Waals surface area contributed by atoms with Gasteiger partial charge in [0.1, 0.15) is 0 Å². The summed E-state index contributed by atoms with van der Waals surface area (Å²) in [5.74, 6) is 0.825. The van der Waals surface area contributed by atoms with Crippen molar-refractivity contribution >= 4 is 23.2 Å². The van der Waals surface area contributed by atoms with Crippen molar-refractivity contribution in [3.8, 4) is 11.4 Å². The zero-order valence-corrected chi connectivity index (χ0v) is 18.3. The number of nitrogens with one attached hydrogen (secondary N) is 2. The summed E-state index contributed by atoms with van der Waals surface area (Å²) >= 11 is 0. The zero-order chi connectivity index (χ0) is 22.5. The third-order valence-corrected chi connectivity index (χ3v) is 5.54. The molecule has 8 nitrogen and oxygen atoms in total. The molecule has 0 saturated carbocycles. The predicted molar refractivity (Wildman–Crippen MR) is 122 cm³/mol. The summed E-state index contributed by atoms with van der Waals surface area (Å²) in [6, 6.07) is 15.1. The van der Waals surface area contributed by atoms with Gasteiger partial charge in [0.05, 0.1) is 12.5 Å². The molecule has 2 heterocycles. The fourth-order valence-electron chi connectivity index (χ4n) is 3.98. The molecule has 1 atom stereocenters. The van der Waals surface area contributed by atoms with Gasteiger partial charge in [-0.2, -0.15) is 4.98 Å². The molecule has 1 fully saturated rings. The zero-order valence-electron chi connectivity index (χ0n) is 18.3. The lowest BCUT2D eigenvalue weighted by molar-refractivity contribution is -0.121. The van der Waals surface area contributed by atoms with E-state index in [4.69, 9.17) is 4.52 Å². The number of benzene rings is 2. The summed E-state index contributed by atoms with van der Waals surface area (Å²) in [5.41, 5.74) is 3.37. The number of nitrogens with zero attached hydrogens (tertiary/aromatic N) is 3. The summed E-state index contributed by atoms with van der Waals surface area (Å²) in [6.45, 7) is 5.49. The maximum atomic E-state index is 12.8.